The van der Waals surface area contributed by atoms with Crippen LogP contribution < -0.4 is 11.2 Å². The van der Waals surface area contributed by atoms with Gasteiger partial charge in [-0.25, -0.2) is 20.0 Å². The van der Waals surface area contributed by atoms with Crippen LogP contribution in [-0.2, 0) is 33.4 Å². The number of nitrogens with one attached hydrogen (secondary N) is 1. The Morgan fingerprint density at radius 3 is 2.43 bits per heavy atom. The molecule has 1 aliphatic rings. The van der Waals surface area contributed by atoms with Gasteiger partial charge in [-0.05, 0) is 25.4 Å². The third-order valence-electron chi connectivity index (χ3n) is 4.38. The number of hydrazine groups is 1. The highest BCUT2D eigenvalue weighted by Gasteiger charge is 2.69. The summed E-state index contributed by atoms with van der Waals surface area (Å²) in [4.78, 5) is 63.7. The van der Waals surface area contributed by atoms with Crippen molar-refractivity contribution in [2.24, 2.45) is 11.1 Å². The first-order valence-corrected chi connectivity index (χ1v) is 9.24. The molecule has 0 aliphatic carbocycles. The van der Waals surface area contributed by atoms with Crippen LogP contribution in [0.5, 0.6) is 0 Å². The first-order chi connectivity index (χ1) is 14.2. The Balaban J connectivity index is 2.92. The highest BCUT2D eigenvalue weighted by Crippen LogP contribution is 2.51. The molecule has 2 heterocycles. The van der Waals surface area contributed by atoms with Crippen LogP contribution in [0.4, 0.5) is 4.79 Å². The second-order valence-corrected chi connectivity index (χ2v) is 6.49. The summed E-state index contributed by atoms with van der Waals surface area (Å²) in [5, 5.41) is 5.67. The zero-order valence-electron chi connectivity index (χ0n) is 16.5. The van der Waals surface area contributed by atoms with Crippen LogP contribution in [-0.4, -0.2) is 65.3 Å². The van der Waals surface area contributed by atoms with Gasteiger partial charge in [0.1, 0.15) is 5.92 Å². The van der Waals surface area contributed by atoms with Crippen LogP contribution in [0.2, 0.25) is 0 Å². The summed E-state index contributed by atoms with van der Waals surface area (Å²) in [5.41, 5.74) is 3.68. The van der Waals surface area contributed by atoms with Crippen LogP contribution in [0.1, 0.15) is 25.5 Å². The van der Waals surface area contributed by atoms with E-state index in [0.29, 0.717) is 5.01 Å². The van der Waals surface area contributed by atoms with E-state index in [1.165, 1.54) is 19.2 Å². The van der Waals surface area contributed by atoms with E-state index in [1.54, 1.807) is 0 Å². The summed E-state index contributed by atoms with van der Waals surface area (Å²) in [6, 6.07) is -1.16. The van der Waals surface area contributed by atoms with E-state index in [-0.39, 0.29) is 18.0 Å². The number of hydrogen-bond donors (Lipinski definition) is 2. The molecule has 0 fully saturated rings. The smallest absolute Gasteiger partial charge is 0.337 e. The van der Waals surface area contributed by atoms with Crippen molar-refractivity contribution in [3.8, 4) is 0 Å². The molecule has 1 aromatic heterocycles. The van der Waals surface area contributed by atoms with Crippen molar-refractivity contribution in [2.75, 3.05) is 20.8 Å². The molecule has 3 amide bonds. The van der Waals surface area contributed by atoms with Gasteiger partial charge in [0.2, 0.25) is 5.41 Å². The number of carbonyl (C=O) groups is 5. The van der Waals surface area contributed by atoms with Gasteiger partial charge in [0.05, 0.1) is 37.8 Å². The summed E-state index contributed by atoms with van der Waals surface area (Å²) in [7, 11) is 1.99. The van der Waals surface area contributed by atoms with E-state index in [2.05, 4.69) is 9.59 Å². The van der Waals surface area contributed by atoms with Gasteiger partial charge >= 0.3 is 23.9 Å². The number of aromatic nitrogens is 2. The normalized spacial score (nSPS) is 19.3. The molecular formula is C16H19N5O8S. The molecule has 1 aliphatic heterocycles. The van der Waals surface area contributed by atoms with Crippen LogP contribution >= 0.6 is 11.5 Å². The van der Waals surface area contributed by atoms with Crippen molar-refractivity contribution in [1.82, 2.24) is 20.0 Å². The van der Waals surface area contributed by atoms with Crippen molar-refractivity contribution in [3.05, 3.63) is 22.3 Å². The number of rotatable bonds is 7. The van der Waals surface area contributed by atoms with E-state index >= 15 is 0 Å². The Bertz CT molecular complexity index is 915. The second-order valence-electron chi connectivity index (χ2n) is 5.88. The first kappa shape index (κ1) is 22.7. The van der Waals surface area contributed by atoms with Crippen molar-refractivity contribution in [3.63, 3.8) is 0 Å². The number of methoxy groups -OCH3 is 2. The Hall–Kier alpha value is -3.55. The lowest BCUT2D eigenvalue weighted by molar-refractivity contribution is -0.168. The SMILES string of the molecule is CCOC(=O)C1=C(C)N(NC(N)=O)C(=O)C1(C(=O)OC)C(C(=O)OC)c1csnn1. The number of ether oxygens (including phenoxy) is 3. The van der Waals surface area contributed by atoms with E-state index in [0.717, 1.165) is 25.8 Å². The summed E-state index contributed by atoms with van der Waals surface area (Å²) < 4.78 is 18.3. The predicted molar refractivity (Wildman–Crippen MR) is 98.0 cm³/mol. The van der Waals surface area contributed by atoms with Gasteiger partial charge in [0, 0.05) is 5.38 Å². The Morgan fingerprint density at radius 1 is 1.30 bits per heavy atom. The molecule has 0 spiro atoms. The average molecular weight is 441 g/mol. The quantitative estimate of drug-likeness (QED) is 0.309. The van der Waals surface area contributed by atoms with E-state index in [9.17, 15) is 24.0 Å². The fourth-order valence-corrected chi connectivity index (χ4v) is 3.74. The van der Waals surface area contributed by atoms with Crippen LogP contribution in [0, 0.1) is 5.41 Å². The van der Waals surface area contributed by atoms with Gasteiger partial charge in [-0.15, -0.1) is 5.10 Å². The average Bonchev–Trinajstić information content (AvgIpc) is 3.29. The summed E-state index contributed by atoms with van der Waals surface area (Å²) in [5.74, 6) is -6.38. The molecule has 2 atom stereocenters. The number of esters is 3. The van der Waals surface area contributed by atoms with Crippen molar-refractivity contribution < 1.29 is 38.2 Å². The number of hydrogen-bond acceptors (Lipinski definition) is 11. The molecule has 0 saturated carbocycles. The molecule has 0 saturated heterocycles. The van der Waals surface area contributed by atoms with Gasteiger partial charge in [0.25, 0.3) is 5.91 Å². The maximum absolute atomic E-state index is 13.5. The molecule has 162 valence electrons. The van der Waals surface area contributed by atoms with Gasteiger partial charge in [0.15, 0.2) is 0 Å². The lowest BCUT2D eigenvalue weighted by Gasteiger charge is -2.32. The zero-order chi connectivity index (χ0) is 22.6. The summed E-state index contributed by atoms with van der Waals surface area (Å²) in [6.07, 6.45) is 0. The largest absolute Gasteiger partial charge is 0.468 e. The zero-order valence-corrected chi connectivity index (χ0v) is 17.3. The standard InChI is InChI=1S/C16H19N5O8S/c1-5-29-12(23)9-7(2)21(19-15(17)26)13(24)16(9,14(25)28-4)10(11(22)27-3)8-6-30-20-18-8/h6,10H,5H2,1-4H3,(H3,17,19,26). The highest BCUT2D eigenvalue weighted by molar-refractivity contribution is 7.03. The van der Waals surface area contributed by atoms with Crippen LogP contribution in [0.15, 0.2) is 16.7 Å². The third kappa shape index (κ3) is 3.45. The summed E-state index contributed by atoms with van der Waals surface area (Å²) >= 11 is 0.838. The second kappa shape index (κ2) is 8.86. The molecule has 30 heavy (non-hydrogen) atoms. The topological polar surface area (TPSA) is 180 Å². The van der Waals surface area contributed by atoms with Crippen molar-refractivity contribution in [2.45, 2.75) is 19.8 Å². The molecule has 3 N–H and O–H groups in total. The van der Waals surface area contributed by atoms with E-state index in [1.807, 2.05) is 5.43 Å². The van der Waals surface area contributed by atoms with Crippen molar-refractivity contribution in [1.29, 1.82) is 0 Å². The maximum Gasteiger partial charge on any atom is 0.337 e. The van der Waals surface area contributed by atoms with Crippen molar-refractivity contribution >= 4 is 41.4 Å². The molecule has 2 unspecified atom stereocenters. The molecule has 0 aromatic carbocycles. The van der Waals surface area contributed by atoms with Gasteiger partial charge in [-0.3, -0.25) is 14.4 Å². The van der Waals surface area contributed by atoms with E-state index in [4.69, 9.17) is 19.9 Å². The number of primary amides is 1. The lowest BCUT2D eigenvalue weighted by Crippen LogP contribution is -2.55. The summed E-state index contributed by atoms with van der Waals surface area (Å²) in [6.45, 7) is 2.66. The number of allylic oxidation sites excluding steroid dienone is 1. The Morgan fingerprint density at radius 2 is 1.97 bits per heavy atom. The molecule has 0 radical (unpaired) electrons. The molecular weight excluding hydrogens is 422 g/mol. The number of amides is 3. The lowest BCUT2D eigenvalue weighted by atomic mass is 9.68. The molecule has 2 rings (SSSR count). The minimum Gasteiger partial charge on any atom is -0.468 e. The van der Waals surface area contributed by atoms with E-state index < -0.39 is 46.8 Å². The minimum atomic E-state index is -2.61. The van der Waals surface area contributed by atoms with Gasteiger partial charge in [-0.1, -0.05) is 4.49 Å². The fraction of sp³-hybridized carbons (Fsp3) is 0.438. The molecule has 0 bridgehead atoms. The number of nitrogens with two attached hydrogens (primary N) is 1. The van der Waals surface area contributed by atoms with Crippen LogP contribution in [0.25, 0.3) is 0 Å². The molecule has 14 heteroatoms. The predicted octanol–water partition coefficient (Wildman–Crippen LogP) is -0.783. The third-order valence-corrected chi connectivity index (χ3v) is 4.91. The maximum atomic E-state index is 13.5. The van der Waals surface area contributed by atoms with Crippen LogP contribution in [0.3, 0.4) is 0 Å². The molecule has 13 nitrogen and oxygen atoms in total. The van der Waals surface area contributed by atoms with Gasteiger partial charge in [-0.2, -0.15) is 0 Å². The fourth-order valence-electron chi connectivity index (χ4n) is 3.26. The number of urea groups is 1. The Kier molecular flexibility index (Phi) is 6.71. The number of carbonyl (C=O) groups excluding carboxylic acids is 5. The van der Waals surface area contributed by atoms with Gasteiger partial charge < -0.3 is 19.9 Å². The first-order valence-electron chi connectivity index (χ1n) is 8.40. The Labute approximate surface area is 174 Å². The monoisotopic (exact) mass is 441 g/mol. The molecule has 1 aromatic rings. The highest BCUT2D eigenvalue weighted by atomic mass is 32.1. The number of nitrogens with zero attached hydrogens (tertiary/aromatic N) is 3. The minimum absolute atomic E-state index is 0.106.